The van der Waals surface area contributed by atoms with Crippen molar-refractivity contribution in [3.05, 3.63) is 47.3 Å². The number of hydrogen-bond donors (Lipinski definition) is 0. The van der Waals surface area contributed by atoms with Gasteiger partial charge < -0.3 is 4.90 Å². The number of hydrogen-bond acceptors (Lipinski definition) is 7. The van der Waals surface area contributed by atoms with Gasteiger partial charge in [-0.15, -0.1) is 16.8 Å². The molecule has 0 spiro atoms. The molecule has 1 amide bonds. The number of unbranched alkanes of at least 4 members (excludes halogenated alkanes) is 1. The van der Waals surface area contributed by atoms with Crippen LogP contribution in [0.4, 0.5) is 0 Å². The Balaban J connectivity index is 1.64. The molecule has 2 aromatic heterocycles. The van der Waals surface area contributed by atoms with E-state index in [0.717, 1.165) is 12.8 Å². The average Bonchev–Trinajstić information content (AvgIpc) is 3.38. The summed E-state index contributed by atoms with van der Waals surface area (Å²) in [6.07, 6.45) is 3.84. The van der Waals surface area contributed by atoms with Crippen molar-refractivity contribution < 1.29 is 13.2 Å². The summed E-state index contributed by atoms with van der Waals surface area (Å²) in [5, 5.41) is 9.51. The van der Waals surface area contributed by atoms with Gasteiger partial charge in [0, 0.05) is 19.1 Å². The van der Waals surface area contributed by atoms with Gasteiger partial charge in [0.05, 0.1) is 28.2 Å². The van der Waals surface area contributed by atoms with E-state index < -0.39 is 9.84 Å². The molecule has 0 radical (unpaired) electrons. The van der Waals surface area contributed by atoms with Crippen LogP contribution in [0.25, 0.3) is 16.7 Å². The molecule has 1 aromatic carbocycles. The Morgan fingerprint density at radius 1 is 1.33 bits per heavy atom. The van der Waals surface area contributed by atoms with Gasteiger partial charge in [0.1, 0.15) is 0 Å². The molecule has 11 heteroatoms. The van der Waals surface area contributed by atoms with Crippen LogP contribution >= 0.6 is 11.8 Å². The van der Waals surface area contributed by atoms with Crippen LogP contribution in [0.5, 0.6) is 0 Å². The Labute approximate surface area is 196 Å². The van der Waals surface area contributed by atoms with E-state index in [-0.39, 0.29) is 41.3 Å². The average molecular weight is 490 g/mol. The van der Waals surface area contributed by atoms with Crippen molar-refractivity contribution in [1.29, 1.82) is 0 Å². The SMILES string of the molecule is C=CCn1c(=O)c2ccccc2n2c(SCC(=O)N(CCCC)C3CCS(=O)(=O)C3)nnc12. The van der Waals surface area contributed by atoms with E-state index in [4.69, 9.17) is 0 Å². The highest BCUT2D eigenvalue weighted by atomic mass is 32.2. The van der Waals surface area contributed by atoms with Crippen molar-refractivity contribution in [1.82, 2.24) is 24.1 Å². The lowest BCUT2D eigenvalue weighted by molar-refractivity contribution is -0.130. The second kappa shape index (κ2) is 9.68. The van der Waals surface area contributed by atoms with Crippen LogP contribution in [-0.4, -0.2) is 68.2 Å². The fourth-order valence-electron chi connectivity index (χ4n) is 4.19. The predicted octanol–water partition coefficient (Wildman–Crippen LogP) is 2.14. The maximum Gasteiger partial charge on any atom is 0.263 e. The topological polar surface area (TPSA) is 107 Å². The Morgan fingerprint density at radius 2 is 2.12 bits per heavy atom. The second-order valence-electron chi connectivity index (χ2n) is 8.13. The number of carbonyl (C=O) groups is 1. The zero-order chi connectivity index (χ0) is 23.6. The first-order valence-corrected chi connectivity index (χ1v) is 13.8. The van der Waals surface area contributed by atoms with E-state index in [0.29, 0.717) is 34.8 Å². The van der Waals surface area contributed by atoms with Crippen LogP contribution in [0.1, 0.15) is 26.2 Å². The summed E-state index contributed by atoms with van der Waals surface area (Å²) in [6, 6.07) is 6.95. The summed E-state index contributed by atoms with van der Waals surface area (Å²) in [5.74, 6) is 0.534. The van der Waals surface area contributed by atoms with Gasteiger partial charge >= 0.3 is 0 Å². The van der Waals surface area contributed by atoms with Gasteiger partial charge in [0.15, 0.2) is 15.0 Å². The number of rotatable bonds is 9. The molecule has 1 saturated heterocycles. The summed E-state index contributed by atoms with van der Waals surface area (Å²) >= 11 is 1.24. The van der Waals surface area contributed by atoms with Gasteiger partial charge in [-0.3, -0.25) is 18.6 Å². The van der Waals surface area contributed by atoms with Crippen molar-refractivity contribution >= 4 is 44.2 Å². The Kier molecular flexibility index (Phi) is 6.89. The summed E-state index contributed by atoms with van der Waals surface area (Å²) in [4.78, 5) is 27.8. The lowest BCUT2D eigenvalue weighted by Gasteiger charge is -2.28. The van der Waals surface area contributed by atoms with Crippen LogP contribution in [0.15, 0.2) is 46.9 Å². The van der Waals surface area contributed by atoms with E-state index >= 15 is 0 Å². The smallest absolute Gasteiger partial charge is 0.263 e. The fourth-order valence-corrected chi connectivity index (χ4v) is 6.75. The van der Waals surface area contributed by atoms with Gasteiger partial charge in [-0.05, 0) is 25.0 Å². The minimum absolute atomic E-state index is 0.0272. The molecule has 1 aliphatic rings. The number of thioether (sulfide) groups is 1. The Hall–Kier alpha value is -2.66. The molecule has 0 aliphatic carbocycles. The summed E-state index contributed by atoms with van der Waals surface area (Å²) in [6.45, 7) is 6.60. The molecule has 0 saturated carbocycles. The minimum atomic E-state index is -3.09. The first kappa shape index (κ1) is 23.5. The predicted molar refractivity (Wildman–Crippen MR) is 129 cm³/mol. The molecule has 3 aromatic rings. The number of aromatic nitrogens is 4. The van der Waals surface area contributed by atoms with Gasteiger partial charge in [0.2, 0.25) is 11.7 Å². The molecule has 0 N–H and O–H groups in total. The van der Waals surface area contributed by atoms with Gasteiger partial charge in [-0.25, -0.2) is 8.42 Å². The number of para-hydroxylation sites is 1. The number of sulfone groups is 1. The maximum atomic E-state index is 13.1. The molecule has 3 heterocycles. The number of carbonyl (C=O) groups excluding carboxylic acids is 1. The second-order valence-corrected chi connectivity index (χ2v) is 11.3. The molecule has 1 atom stereocenters. The monoisotopic (exact) mass is 489 g/mol. The molecule has 33 heavy (non-hydrogen) atoms. The van der Waals surface area contributed by atoms with E-state index in [1.807, 2.05) is 19.1 Å². The van der Waals surface area contributed by atoms with Crippen molar-refractivity contribution in [3.8, 4) is 0 Å². The quantitative estimate of drug-likeness (QED) is 0.335. The molecule has 1 fully saturated rings. The Morgan fingerprint density at radius 3 is 2.82 bits per heavy atom. The lowest BCUT2D eigenvalue weighted by Crippen LogP contribution is -2.42. The largest absolute Gasteiger partial charge is 0.338 e. The van der Waals surface area contributed by atoms with Crippen molar-refractivity contribution in [2.75, 3.05) is 23.8 Å². The van der Waals surface area contributed by atoms with Crippen LogP contribution in [0.2, 0.25) is 0 Å². The summed E-state index contributed by atoms with van der Waals surface area (Å²) in [5.41, 5.74) is 0.494. The number of allylic oxidation sites excluding steroid dienone is 1. The third kappa shape index (κ3) is 4.70. The highest BCUT2D eigenvalue weighted by Gasteiger charge is 2.34. The first-order valence-electron chi connectivity index (χ1n) is 11.0. The lowest BCUT2D eigenvalue weighted by atomic mass is 10.2. The number of nitrogens with zero attached hydrogens (tertiary/aromatic N) is 5. The highest BCUT2D eigenvalue weighted by Crippen LogP contribution is 2.24. The number of benzene rings is 1. The molecule has 1 unspecified atom stereocenters. The van der Waals surface area contributed by atoms with Crippen LogP contribution < -0.4 is 5.56 Å². The van der Waals surface area contributed by atoms with Crippen LogP contribution in [-0.2, 0) is 21.2 Å². The summed E-state index contributed by atoms with van der Waals surface area (Å²) < 4.78 is 27.2. The molecular weight excluding hydrogens is 462 g/mol. The molecule has 1 aliphatic heterocycles. The van der Waals surface area contributed by atoms with E-state index in [2.05, 4.69) is 16.8 Å². The van der Waals surface area contributed by atoms with Crippen LogP contribution in [0.3, 0.4) is 0 Å². The van der Waals surface area contributed by atoms with Gasteiger partial charge in [-0.1, -0.05) is 43.3 Å². The highest BCUT2D eigenvalue weighted by molar-refractivity contribution is 7.99. The summed E-state index contributed by atoms with van der Waals surface area (Å²) in [7, 11) is -3.09. The van der Waals surface area contributed by atoms with E-state index in [1.54, 1.807) is 27.5 Å². The molecule has 176 valence electrons. The zero-order valence-corrected chi connectivity index (χ0v) is 20.1. The van der Waals surface area contributed by atoms with Crippen molar-refractivity contribution in [2.45, 2.75) is 43.9 Å². The van der Waals surface area contributed by atoms with Crippen molar-refractivity contribution in [3.63, 3.8) is 0 Å². The Bertz CT molecular complexity index is 1360. The van der Waals surface area contributed by atoms with E-state index in [9.17, 15) is 18.0 Å². The normalized spacial score (nSPS) is 17.5. The van der Waals surface area contributed by atoms with Crippen LogP contribution in [0, 0.1) is 0 Å². The standard InChI is InChI=1S/C22H27N5O4S2/c1-3-5-12-25(16-10-13-33(30,31)15-16)19(28)14-32-22-24-23-21-26(11-4-2)20(29)17-8-6-7-9-18(17)27(21)22/h4,6-9,16H,2-3,5,10-15H2,1H3. The number of amides is 1. The van der Waals surface area contributed by atoms with Crippen molar-refractivity contribution in [2.24, 2.45) is 0 Å². The minimum Gasteiger partial charge on any atom is -0.338 e. The molecule has 4 rings (SSSR count). The fraction of sp³-hybridized carbons (Fsp3) is 0.455. The third-order valence-corrected chi connectivity index (χ3v) is 8.50. The molecule has 0 bridgehead atoms. The number of fused-ring (bicyclic) bond motifs is 3. The third-order valence-electron chi connectivity index (χ3n) is 5.84. The first-order chi connectivity index (χ1) is 15.9. The molecular formula is C22H27N5O4S2. The zero-order valence-electron chi connectivity index (χ0n) is 18.5. The molecule has 9 nitrogen and oxygen atoms in total. The van der Waals surface area contributed by atoms with E-state index in [1.165, 1.54) is 16.3 Å². The maximum absolute atomic E-state index is 13.1. The van der Waals surface area contributed by atoms with Gasteiger partial charge in [-0.2, -0.15) is 0 Å². The van der Waals surface area contributed by atoms with Gasteiger partial charge in [0.25, 0.3) is 5.56 Å².